The average molecular weight is 475 g/mol. The van der Waals surface area contributed by atoms with Gasteiger partial charge in [-0.05, 0) is 19.8 Å². The van der Waals surface area contributed by atoms with Gasteiger partial charge < -0.3 is 25.6 Å². The van der Waals surface area contributed by atoms with E-state index in [4.69, 9.17) is 15.2 Å². The Morgan fingerprint density at radius 2 is 2.18 bits per heavy atom. The van der Waals surface area contributed by atoms with Crippen LogP contribution in [0.4, 0.5) is 23.8 Å². The Morgan fingerprint density at radius 1 is 1.48 bits per heavy atom. The Balaban J connectivity index is 1.54. The normalized spacial score (nSPS) is 23.7. The highest BCUT2D eigenvalue weighted by molar-refractivity contribution is 6.44. The first kappa shape index (κ1) is 24.5. The zero-order valence-electron chi connectivity index (χ0n) is 18.0. The number of nitrogens with one attached hydrogen (secondary N) is 4. The van der Waals surface area contributed by atoms with Crippen LogP contribution in [0.2, 0.25) is 0 Å². The van der Waals surface area contributed by atoms with Crippen molar-refractivity contribution < 1.29 is 42.3 Å². The number of hydrogen-bond donors (Lipinski definition) is 6. The second-order valence-corrected chi connectivity index (χ2v) is 8.19. The number of carbonyl (C=O) groups excluding carboxylic acids is 2. The third-order valence-corrected chi connectivity index (χ3v) is 5.27. The Kier molecular flexibility index (Phi) is 6.97. The van der Waals surface area contributed by atoms with Crippen molar-refractivity contribution in [2.75, 3.05) is 19.0 Å². The highest BCUT2D eigenvalue weighted by atomic mass is 19.4. The summed E-state index contributed by atoms with van der Waals surface area (Å²) < 4.78 is 48.7. The maximum absolute atomic E-state index is 12.6. The Morgan fingerprint density at radius 3 is 2.79 bits per heavy atom. The number of rotatable bonds is 7. The predicted molar refractivity (Wildman–Crippen MR) is 108 cm³/mol. The van der Waals surface area contributed by atoms with Crippen LogP contribution in [0.25, 0.3) is 0 Å². The van der Waals surface area contributed by atoms with Gasteiger partial charge in [-0.2, -0.15) is 18.3 Å². The van der Waals surface area contributed by atoms with Gasteiger partial charge in [0, 0.05) is 24.1 Å². The number of H-pyrrole nitrogens is 1. The molecule has 0 bridgehead atoms. The standard InChI is InChI=1S/C19H25F3N6O5/c1-18(3-4-18)26-17(31)33-9-5-13(32-8-9)11-7-14(28-27-11)25-16(30)12(24-2)6-10(23)15(29)19(20,21)22/h6-7,9,13,15,29H,3-5,8,23H2,1-2H3,(H,26,31)(H2,25,27,28,30)/p+1/b10-6-,24-12?/t9-,13-,15?/m1/s1. The molecule has 2 heterocycles. The molecule has 1 aliphatic heterocycles. The molecule has 0 aromatic carbocycles. The molecule has 1 unspecified atom stereocenters. The molecule has 2 aliphatic rings. The summed E-state index contributed by atoms with van der Waals surface area (Å²) in [5.74, 6) is -0.745. The lowest BCUT2D eigenvalue weighted by Crippen LogP contribution is -2.70. The first-order valence-corrected chi connectivity index (χ1v) is 10.1. The minimum absolute atomic E-state index is 0.0819. The van der Waals surface area contributed by atoms with Gasteiger partial charge in [0.15, 0.2) is 11.9 Å². The van der Waals surface area contributed by atoms with Crippen LogP contribution in [0.1, 0.15) is 38.0 Å². The molecule has 33 heavy (non-hydrogen) atoms. The number of amides is 2. The van der Waals surface area contributed by atoms with Gasteiger partial charge in [0.2, 0.25) is 0 Å². The SMILES string of the molecule is C[NH+]=C(/C=C(\N)C(O)C(F)(F)F)C(=O)Nc1cc([C@H]2C[C@@H](OC(=O)NC3(C)CC3)CO2)[nH]n1. The third kappa shape index (κ3) is 6.44. The fourth-order valence-corrected chi connectivity index (χ4v) is 3.07. The van der Waals surface area contributed by atoms with E-state index in [2.05, 4.69) is 25.8 Å². The molecule has 14 heteroatoms. The molecule has 0 radical (unpaired) electrons. The number of nitrogens with zero attached hydrogens (tertiary/aromatic N) is 1. The van der Waals surface area contributed by atoms with Gasteiger partial charge in [0.25, 0.3) is 5.71 Å². The van der Waals surface area contributed by atoms with Crippen molar-refractivity contribution in [3.05, 3.63) is 23.5 Å². The van der Waals surface area contributed by atoms with E-state index in [1.165, 1.54) is 13.1 Å². The average Bonchev–Trinajstić information content (AvgIpc) is 3.09. The number of aromatic amines is 1. The van der Waals surface area contributed by atoms with E-state index in [1.54, 1.807) is 0 Å². The van der Waals surface area contributed by atoms with Crippen LogP contribution in [0.15, 0.2) is 17.8 Å². The molecule has 1 saturated carbocycles. The summed E-state index contributed by atoms with van der Waals surface area (Å²) in [6.07, 6.45) is -6.39. The number of alkyl halides is 3. The van der Waals surface area contributed by atoms with Crippen molar-refractivity contribution in [3.8, 4) is 0 Å². The fourth-order valence-electron chi connectivity index (χ4n) is 3.07. The van der Waals surface area contributed by atoms with Gasteiger partial charge in [-0.3, -0.25) is 15.2 Å². The van der Waals surface area contributed by atoms with Crippen molar-refractivity contribution in [1.82, 2.24) is 15.5 Å². The quantitative estimate of drug-likeness (QED) is 0.286. The van der Waals surface area contributed by atoms with Crippen LogP contribution in [0.5, 0.6) is 0 Å². The number of ether oxygens (including phenoxy) is 2. The van der Waals surface area contributed by atoms with Crippen molar-refractivity contribution >= 4 is 23.5 Å². The summed E-state index contributed by atoms with van der Waals surface area (Å²) in [7, 11) is 1.31. The number of nitrogens with two attached hydrogens (primary N) is 1. The molecule has 0 spiro atoms. The first-order valence-electron chi connectivity index (χ1n) is 10.1. The molecule has 2 fully saturated rings. The summed E-state index contributed by atoms with van der Waals surface area (Å²) in [6, 6.07) is 1.49. The van der Waals surface area contributed by atoms with Crippen molar-refractivity contribution in [1.29, 1.82) is 0 Å². The maximum atomic E-state index is 12.6. The highest BCUT2D eigenvalue weighted by Gasteiger charge is 2.41. The van der Waals surface area contributed by atoms with E-state index in [9.17, 15) is 27.9 Å². The van der Waals surface area contributed by atoms with E-state index in [0.717, 1.165) is 12.8 Å². The summed E-state index contributed by atoms with van der Waals surface area (Å²) in [6.45, 7) is 2.13. The zero-order chi connectivity index (χ0) is 24.4. The number of anilines is 1. The minimum Gasteiger partial charge on any atom is -0.444 e. The number of hydrogen-bond acceptors (Lipinski definition) is 7. The topological polar surface area (TPSA) is 166 Å². The number of aliphatic hydroxyl groups is 1. The van der Waals surface area contributed by atoms with Crippen molar-refractivity contribution in [2.24, 2.45) is 5.73 Å². The van der Waals surface area contributed by atoms with E-state index in [1.807, 2.05) is 6.92 Å². The Bertz CT molecular complexity index is 956. The number of alkyl carbamates (subject to hydrolysis) is 1. The molecule has 3 atom stereocenters. The largest absolute Gasteiger partial charge is 0.444 e. The molecule has 1 aromatic heterocycles. The number of aliphatic hydroxyl groups excluding tert-OH is 1. The van der Waals surface area contributed by atoms with Gasteiger partial charge in [-0.1, -0.05) is 0 Å². The molecule has 2 amide bonds. The van der Waals surface area contributed by atoms with E-state index in [0.29, 0.717) is 18.2 Å². The smallest absolute Gasteiger partial charge is 0.420 e. The number of halogens is 3. The molecule has 3 rings (SSSR count). The molecule has 1 aromatic rings. The van der Waals surface area contributed by atoms with Crippen molar-refractivity contribution in [3.63, 3.8) is 0 Å². The number of carbonyl (C=O) groups is 2. The third-order valence-electron chi connectivity index (χ3n) is 5.27. The lowest BCUT2D eigenvalue weighted by atomic mass is 10.1. The molecule has 182 valence electrons. The van der Waals surface area contributed by atoms with Crippen molar-refractivity contribution in [2.45, 2.75) is 56.2 Å². The van der Waals surface area contributed by atoms with Gasteiger partial charge in [0.1, 0.15) is 19.3 Å². The molecular formula is C19H26F3N6O5+. The van der Waals surface area contributed by atoms with Crippen LogP contribution in [-0.4, -0.2) is 70.6 Å². The van der Waals surface area contributed by atoms with Crippen LogP contribution in [0.3, 0.4) is 0 Å². The Hall–Kier alpha value is -3.13. The molecule has 1 aliphatic carbocycles. The van der Waals surface area contributed by atoms with Crippen LogP contribution >= 0.6 is 0 Å². The second-order valence-electron chi connectivity index (χ2n) is 8.19. The van der Waals surface area contributed by atoms with Gasteiger partial charge >= 0.3 is 18.2 Å². The first-order chi connectivity index (χ1) is 15.4. The second kappa shape index (κ2) is 9.39. The lowest BCUT2D eigenvalue weighted by molar-refractivity contribution is -0.417. The van der Waals surface area contributed by atoms with Gasteiger partial charge in [0.05, 0.1) is 18.0 Å². The summed E-state index contributed by atoms with van der Waals surface area (Å²) in [5.41, 5.74) is 4.31. The minimum atomic E-state index is -4.97. The number of aromatic nitrogens is 2. The lowest BCUT2D eigenvalue weighted by Gasteiger charge is -2.15. The fraction of sp³-hybridized carbons (Fsp3) is 0.579. The summed E-state index contributed by atoms with van der Waals surface area (Å²) in [5, 5.41) is 21.0. The monoisotopic (exact) mass is 475 g/mol. The molecule has 7 N–H and O–H groups in total. The van der Waals surface area contributed by atoms with Gasteiger partial charge in [-0.25, -0.2) is 9.79 Å². The van der Waals surface area contributed by atoms with Crippen LogP contribution in [-0.2, 0) is 14.3 Å². The summed E-state index contributed by atoms with van der Waals surface area (Å²) >= 11 is 0. The van der Waals surface area contributed by atoms with E-state index < -0.39 is 42.2 Å². The molecule has 1 saturated heterocycles. The predicted octanol–water partition coefficient (Wildman–Crippen LogP) is -0.626. The maximum Gasteiger partial charge on any atom is 0.420 e. The Labute approximate surface area is 186 Å². The van der Waals surface area contributed by atoms with E-state index >= 15 is 0 Å². The summed E-state index contributed by atoms with van der Waals surface area (Å²) in [4.78, 5) is 26.7. The van der Waals surface area contributed by atoms with E-state index in [-0.39, 0.29) is 23.7 Å². The van der Waals surface area contributed by atoms with Crippen LogP contribution in [0, 0.1) is 0 Å². The molecular weight excluding hydrogens is 449 g/mol. The van der Waals surface area contributed by atoms with Crippen LogP contribution < -0.4 is 21.4 Å². The molecule has 11 nitrogen and oxygen atoms in total. The highest BCUT2D eigenvalue weighted by Crippen LogP contribution is 2.35. The van der Waals surface area contributed by atoms with Gasteiger partial charge in [-0.15, -0.1) is 0 Å². The zero-order valence-corrected chi connectivity index (χ0v) is 18.0.